The third-order valence-electron chi connectivity index (χ3n) is 3.20. The second-order valence-electron chi connectivity index (χ2n) is 5.87. The molecule has 0 rings (SSSR count). The van der Waals surface area contributed by atoms with Crippen LogP contribution in [0.4, 0.5) is 0 Å². The summed E-state index contributed by atoms with van der Waals surface area (Å²) in [5, 5.41) is 42.7. The molecule has 0 bridgehead atoms. The third-order valence-corrected chi connectivity index (χ3v) is 3.20. The van der Waals surface area contributed by atoms with Crippen molar-refractivity contribution in [3.8, 4) is 0 Å². The number of carboxylic acid groups (broad SMARTS) is 5. The molecular formula is C15H28N4O10. The minimum atomic E-state index is -1.23. The fraction of sp³-hybridized carbons (Fsp3) is 0.667. The number of hydrogen-bond donors (Lipinski definition) is 7. The van der Waals surface area contributed by atoms with Crippen LogP contribution in [0.25, 0.3) is 0 Å². The maximum Gasteiger partial charge on any atom is 0.320 e. The summed E-state index contributed by atoms with van der Waals surface area (Å²) in [7, 11) is 0. The highest BCUT2D eigenvalue weighted by molar-refractivity contribution is 5.73. The molecule has 0 saturated carbocycles. The second kappa shape index (κ2) is 16.2. The molecule has 0 spiro atoms. The molecule has 0 aliphatic rings. The van der Waals surface area contributed by atoms with E-state index in [4.69, 9.17) is 37.0 Å². The lowest BCUT2D eigenvalue weighted by molar-refractivity contribution is -0.145. The molecule has 0 aromatic heterocycles. The number of nitrogens with zero attached hydrogens (tertiary/aromatic N) is 2. The van der Waals surface area contributed by atoms with E-state index in [1.165, 1.54) is 0 Å². The Hall–Kier alpha value is -2.81. The van der Waals surface area contributed by atoms with E-state index in [1.54, 1.807) is 0 Å². The van der Waals surface area contributed by atoms with Gasteiger partial charge in [-0.25, -0.2) is 0 Å². The molecule has 0 amide bonds. The Labute approximate surface area is 166 Å². The fourth-order valence-electron chi connectivity index (χ4n) is 1.94. The molecule has 29 heavy (non-hydrogen) atoms. The normalized spacial score (nSPS) is 11.4. The van der Waals surface area contributed by atoms with Gasteiger partial charge in [-0.3, -0.25) is 33.8 Å². The summed E-state index contributed by atoms with van der Waals surface area (Å²) >= 11 is 0. The highest BCUT2D eigenvalue weighted by atomic mass is 16.4. The Kier molecular flexibility index (Phi) is 15.8. The van der Waals surface area contributed by atoms with Gasteiger partial charge in [0.1, 0.15) is 6.04 Å². The van der Waals surface area contributed by atoms with Crippen LogP contribution >= 0.6 is 0 Å². The van der Waals surface area contributed by atoms with Crippen LogP contribution in [0.5, 0.6) is 0 Å². The minimum Gasteiger partial charge on any atom is -0.480 e. The largest absolute Gasteiger partial charge is 0.480 e. The van der Waals surface area contributed by atoms with Crippen molar-refractivity contribution in [3.63, 3.8) is 0 Å². The summed E-state index contributed by atoms with van der Waals surface area (Å²) in [6, 6.07) is -0.742. The van der Waals surface area contributed by atoms with E-state index in [0.29, 0.717) is 19.4 Å². The number of rotatable bonds is 15. The topological polar surface area (TPSA) is 245 Å². The third kappa shape index (κ3) is 19.7. The van der Waals surface area contributed by atoms with Crippen LogP contribution < -0.4 is 11.5 Å². The zero-order valence-corrected chi connectivity index (χ0v) is 15.8. The molecule has 0 unspecified atom stereocenters. The Morgan fingerprint density at radius 3 is 1.21 bits per heavy atom. The molecule has 0 radical (unpaired) electrons. The van der Waals surface area contributed by atoms with Gasteiger partial charge in [-0.1, -0.05) is 0 Å². The Bertz CT molecular complexity index is 489. The summed E-state index contributed by atoms with van der Waals surface area (Å²) in [5.74, 6) is -5.87. The predicted molar refractivity (Wildman–Crippen MR) is 97.3 cm³/mol. The van der Waals surface area contributed by atoms with E-state index in [9.17, 15) is 24.0 Å². The van der Waals surface area contributed by atoms with Crippen molar-refractivity contribution in [3.05, 3.63) is 0 Å². The van der Waals surface area contributed by atoms with Gasteiger partial charge < -0.3 is 37.0 Å². The lowest BCUT2D eigenvalue weighted by Crippen LogP contribution is -2.43. The molecule has 1 atom stereocenters. The molecule has 168 valence electrons. The molecule has 0 saturated heterocycles. The van der Waals surface area contributed by atoms with Gasteiger partial charge in [0.2, 0.25) is 0 Å². The van der Waals surface area contributed by atoms with Crippen molar-refractivity contribution in [2.24, 2.45) is 11.5 Å². The van der Waals surface area contributed by atoms with Gasteiger partial charge in [0.05, 0.1) is 26.2 Å². The van der Waals surface area contributed by atoms with Crippen molar-refractivity contribution in [1.29, 1.82) is 0 Å². The van der Waals surface area contributed by atoms with Crippen LogP contribution in [0, 0.1) is 0 Å². The average Bonchev–Trinajstić information content (AvgIpc) is 2.55. The van der Waals surface area contributed by atoms with E-state index in [-0.39, 0.29) is 13.1 Å². The van der Waals surface area contributed by atoms with Crippen molar-refractivity contribution in [1.82, 2.24) is 9.80 Å². The first-order valence-corrected chi connectivity index (χ1v) is 8.39. The van der Waals surface area contributed by atoms with Gasteiger partial charge in [-0.15, -0.1) is 0 Å². The standard InChI is InChI=1S/C10H16N2O8.C5H12N2O2/c13-7(14)3-11(4-8(15)16)1-2-12(5-9(17)18)6-10(19)20;6-3-1-2-4(7)5(8)9/h1-6H2,(H,13,14)(H,15,16)(H,17,18)(H,19,20);4H,1-3,6-7H2,(H,8,9)/t;4-/m.0/s1. The van der Waals surface area contributed by atoms with Gasteiger partial charge in [0, 0.05) is 13.1 Å². The Balaban J connectivity index is 0. The molecule has 14 heteroatoms. The number of carbonyl (C=O) groups is 5. The average molecular weight is 424 g/mol. The smallest absolute Gasteiger partial charge is 0.320 e. The molecule has 0 aliphatic heterocycles. The van der Waals surface area contributed by atoms with Crippen LogP contribution in [0.1, 0.15) is 12.8 Å². The van der Waals surface area contributed by atoms with Crippen LogP contribution in [0.2, 0.25) is 0 Å². The highest BCUT2D eigenvalue weighted by Crippen LogP contribution is 1.94. The molecule has 0 aliphatic carbocycles. The van der Waals surface area contributed by atoms with E-state index in [0.717, 1.165) is 9.80 Å². The van der Waals surface area contributed by atoms with E-state index < -0.39 is 62.1 Å². The summed E-state index contributed by atoms with van der Waals surface area (Å²) in [6.45, 7) is -1.75. The maximum absolute atomic E-state index is 10.6. The van der Waals surface area contributed by atoms with Crippen molar-refractivity contribution < 1.29 is 49.5 Å². The van der Waals surface area contributed by atoms with Gasteiger partial charge in [-0.05, 0) is 19.4 Å². The van der Waals surface area contributed by atoms with E-state index in [1.807, 2.05) is 0 Å². The lowest BCUT2D eigenvalue weighted by Gasteiger charge is -2.23. The highest BCUT2D eigenvalue weighted by Gasteiger charge is 2.18. The quantitative estimate of drug-likeness (QED) is 0.139. The van der Waals surface area contributed by atoms with Gasteiger partial charge >= 0.3 is 29.8 Å². The molecule has 0 aromatic rings. The van der Waals surface area contributed by atoms with Crippen LogP contribution in [-0.2, 0) is 24.0 Å². The lowest BCUT2D eigenvalue weighted by atomic mass is 10.2. The zero-order valence-electron chi connectivity index (χ0n) is 15.8. The molecule has 9 N–H and O–H groups in total. The van der Waals surface area contributed by atoms with Crippen LogP contribution in [0.15, 0.2) is 0 Å². The first kappa shape index (κ1) is 28.4. The summed E-state index contributed by atoms with van der Waals surface area (Å²) in [6.07, 6.45) is 1.14. The van der Waals surface area contributed by atoms with Crippen molar-refractivity contribution >= 4 is 29.8 Å². The Morgan fingerprint density at radius 1 is 0.690 bits per heavy atom. The van der Waals surface area contributed by atoms with Crippen LogP contribution in [0.3, 0.4) is 0 Å². The summed E-state index contributed by atoms with van der Waals surface area (Å²) < 4.78 is 0. The first-order valence-electron chi connectivity index (χ1n) is 8.39. The molecule has 0 aromatic carbocycles. The number of nitrogens with two attached hydrogens (primary N) is 2. The molecular weight excluding hydrogens is 396 g/mol. The van der Waals surface area contributed by atoms with Gasteiger partial charge in [-0.2, -0.15) is 0 Å². The van der Waals surface area contributed by atoms with Crippen LogP contribution in [-0.4, -0.2) is 117 Å². The first-order chi connectivity index (χ1) is 13.4. The monoisotopic (exact) mass is 424 g/mol. The van der Waals surface area contributed by atoms with Crippen molar-refractivity contribution in [2.45, 2.75) is 18.9 Å². The fourth-order valence-corrected chi connectivity index (χ4v) is 1.94. The second-order valence-corrected chi connectivity index (χ2v) is 5.87. The summed E-state index contributed by atoms with van der Waals surface area (Å²) in [5.41, 5.74) is 10.3. The van der Waals surface area contributed by atoms with E-state index >= 15 is 0 Å². The SMILES string of the molecule is NCCC[C@H](N)C(=O)O.O=C(O)CN(CCN(CC(=O)O)CC(=O)O)CC(=O)O. The zero-order chi connectivity index (χ0) is 23.0. The number of carboxylic acids is 5. The maximum atomic E-state index is 10.6. The van der Waals surface area contributed by atoms with Crippen molar-refractivity contribution in [2.75, 3.05) is 45.8 Å². The predicted octanol–water partition coefficient (Wildman–Crippen LogP) is -2.93. The van der Waals surface area contributed by atoms with Gasteiger partial charge in [0.25, 0.3) is 0 Å². The Morgan fingerprint density at radius 2 is 1.00 bits per heavy atom. The number of hydrogen-bond acceptors (Lipinski definition) is 9. The molecule has 14 nitrogen and oxygen atoms in total. The minimum absolute atomic E-state index is 0.0703. The summed E-state index contributed by atoms with van der Waals surface area (Å²) in [4.78, 5) is 54.4. The van der Waals surface area contributed by atoms with Gasteiger partial charge in [0.15, 0.2) is 0 Å². The molecule has 0 heterocycles. The van der Waals surface area contributed by atoms with E-state index in [2.05, 4.69) is 0 Å². The number of aliphatic carboxylic acids is 5. The molecule has 0 fully saturated rings.